The summed E-state index contributed by atoms with van der Waals surface area (Å²) < 4.78 is 13.8. The molecule has 90 valence electrons. The van der Waals surface area contributed by atoms with Crippen molar-refractivity contribution in [3.8, 4) is 0 Å². The molecule has 0 saturated heterocycles. The summed E-state index contributed by atoms with van der Waals surface area (Å²) in [6.07, 6.45) is 4.99. The molecule has 3 heteroatoms. The fourth-order valence-corrected chi connectivity index (χ4v) is 3.02. The average molecular weight is 233 g/mol. The van der Waals surface area contributed by atoms with E-state index >= 15 is 0 Å². The smallest absolute Gasteiger partial charge is 0.230 e. The standard InChI is InChI=1S/C14H16FNO/c15-12-7-3-6-10-8-9-16(13(10)12)14(17)11-4-1-2-5-11/h3,6-7,11H,1-2,4-5,8-9H2. The zero-order valence-electron chi connectivity index (χ0n) is 9.79. The van der Waals surface area contributed by atoms with Gasteiger partial charge in [-0.2, -0.15) is 0 Å². The Morgan fingerprint density at radius 3 is 2.82 bits per heavy atom. The molecule has 2 aliphatic rings. The maximum absolute atomic E-state index is 13.8. The molecule has 0 bridgehead atoms. The lowest BCUT2D eigenvalue weighted by atomic mass is 10.1. The first-order chi connectivity index (χ1) is 8.27. The normalized spacial score (nSPS) is 19.7. The molecule has 0 aromatic heterocycles. The number of hydrogen-bond acceptors (Lipinski definition) is 1. The molecule has 3 rings (SSSR count). The fraction of sp³-hybridized carbons (Fsp3) is 0.500. The quantitative estimate of drug-likeness (QED) is 0.730. The third-order valence-electron chi connectivity index (χ3n) is 3.92. The summed E-state index contributed by atoms with van der Waals surface area (Å²) in [6.45, 7) is 0.644. The van der Waals surface area contributed by atoms with E-state index in [1.165, 1.54) is 6.07 Å². The van der Waals surface area contributed by atoms with Crippen LogP contribution >= 0.6 is 0 Å². The van der Waals surface area contributed by atoms with Gasteiger partial charge in [0, 0.05) is 12.5 Å². The van der Waals surface area contributed by atoms with E-state index in [0.717, 1.165) is 37.7 Å². The maximum Gasteiger partial charge on any atom is 0.230 e. The molecule has 0 spiro atoms. The second-order valence-electron chi connectivity index (χ2n) is 4.97. The molecule has 0 atom stereocenters. The Hall–Kier alpha value is -1.38. The molecular formula is C14H16FNO. The lowest BCUT2D eigenvalue weighted by molar-refractivity contribution is -0.122. The van der Waals surface area contributed by atoms with Gasteiger partial charge in [0.1, 0.15) is 5.82 Å². The van der Waals surface area contributed by atoms with E-state index in [2.05, 4.69) is 0 Å². The average Bonchev–Trinajstić information content (AvgIpc) is 2.98. The Morgan fingerprint density at radius 2 is 2.06 bits per heavy atom. The fourth-order valence-electron chi connectivity index (χ4n) is 3.02. The largest absolute Gasteiger partial charge is 0.309 e. The van der Waals surface area contributed by atoms with Crippen molar-refractivity contribution in [2.24, 2.45) is 5.92 Å². The predicted octanol–water partition coefficient (Wildman–Crippen LogP) is 2.91. The Bertz CT molecular complexity index is 452. The predicted molar refractivity (Wildman–Crippen MR) is 64.4 cm³/mol. The van der Waals surface area contributed by atoms with E-state index in [1.807, 2.05) is 6.07 Å². The van der Waals surface area contributed by atoms with Gasteiger partial charge in [-0.1, -0.05) is 25.0 Å². The van der Waals surface area contributed by atoms with Gasteiger partial charge in [0.25, 0.3) is 0 Å². The van der Waals surface area contributed by atoms with Gasteiger partial charge in [-0.15, -0.1) is 0 Å². The van der Waals surface area contributed by atoms with Crippen LogP contribution in [0.1, 0.15) is 31.2 Å². The Labute approximate surface area is 100 Å². The molecule has 2 nitrogen and oxygen atoms in total. The topological polar surface area (TPSA) is 20.3 Å². The Balaban J connectivity index is 1.90. The van der Waals surface area contributed by atoms with Crippen LogP contribution in [0.4, 0.5) is 10.1 Å². The maximum atomic E-state index is 13.8. The van der Waals surface area contributed by atoms with E-state index < -0.39 is 0 Å². The van der Waals surface area contributed by atoms with Crippen LogP contribution in [0.25, 0.3) is 0 Å². The number of hydrogen-bond donors (Lipinski definition) is 0. The van der Waals surface area contributed by atoms with Gasteiger partial charge in [-0.25, -0.2) is 4.39 Å². The van der Waals surface area contributed by atoms with E-state index in [1.54, 1.807) is 11.0 Å². The minimum absolute atomic E-state index is 0.126. The van der Waals surface area contributed by atoms with E-state index in [-0.39, 0.29) is 17.6 Å². The van der Waals surface area contributed by atoms with Gasteiger partial charge in [0.2, 0.25) is 5.91 Å². The number of nitrogens with zero attached hydrogens (tertiary/aromatic N) is 1. The molecular weight excluding hydrogens is 217 g/mol. The third kappa shape index (κ3) is 1.74. The summed E-state index contributed by atoms with van der Waals surface area (Å²) in [5, 5.41) is 0. The van der Waals surface area contributed by atoms with Gasteiger partial charge >= 0.3 is 0 Å². The van der Waals surface area contributed by atoms with Crippen molar-refractivity contribution in [2.45, 2.75) is 32.1 Å². The molecule has 1 heterocycles. The number of rotatable bonds is 1. The summed E-state index contributed by atoms with van der Waals surface area (Å²) in [4.78, 5) is 14.0. The number of fused-ring (bicyclic) bond motifs is 1. The van der Waals surface area contributed by atoms with Gasteiger partial charge in [0.15, 0.2) is 0 Å². The number of benzene rings is 1. The number of halogens is 1. The Morgan fingerprint density at radius 1 is 1.29 bits per heavy atom. The van der Waals surface area contributed by atoms with Crippen LogP contribution in [0.5, 0.6) is 0 Å². The molecule has 0 radical (unpaired) electrons. The summed E-state index contributed by atoms with van der Waals surface area (Å²) in [5.41, 5.74) is 1.50. The molecule has 1 aliphatic carbocycles. The summed E-state index contributed by atoms with van der Waals surface area (Å²) in [6, 6.07) is 5.08. The van der Waals surface area contributed by atoms with Crippen LogP contribution in [-0.2, 0) is 11.2 Å². The zero-order valence-corrected chi connectivity index (χ0v) is 9.79. The summed E-state index contributed by atoms with van der Waals surface area (Å²) in [5.74, 6) is -0.00162. The van der Waals surface area contributed by atoms with Crippen molar-refractivity contribution < 1.29 is 9.18 Å². The van der Waals surface area contributed by atoms with Crippen LogP contribution < -0.4 is 4.90 Å². The van der Waals surface area contributed by atoms with Crippen molar-refractivity contribution >= 4 is 11.6 Å². The van der Waals surface area contributed by atoms with Gasteiger partial charge in [-0.05, 0) is 30.9 Å². The molecule has 0 unspecified atom stereocenters. The second kappa shape index (κ2) is 4.13. The summed E-state index contributed by atoms with van der Waals surface area (Å²) >= 11 is 0. The number of amides is 1. The molecule has 1 aromatic carbocycles. The third-order valence-corrected chi connectivity index (χ3v) is 3.92. The van der Waals surface area contributed by atoms with Crippen LogP contribution in [0, 0.1) is 11.7 Å². The monoisotopic (exact) mass is 233 g/mol. The van der Waals surface area contributed by atoms with Crippen molar-refractivity contribution in [3.63, 3.8) is 0 Å². The zero-order chi connectivity index (χ0) is 11.8. The SMILES string of the molecule is O=C(C1CCCC1)N1CCc2cccc(F)c21. The number of carbonyl (C=O) groups excluding carboxylic acids is 1. The van der Waals surface area contributed by atoms with Crippen LogP contribution in [-0.4, -0.2) is 12.5 Å². The van der Waals surface area contributed by atoms with Crippen molar-refractivity contribution in [1.29, 1.82) is 0 Å². The van der Waals surface area contributed by atoms with Gasteiger partial charge in [-0.3, -0.25) is 4.79 Å². The molecule has 1 aliphatic heterocycles. The second-order valence-corrected chi connectivity index (χ2v) is 4.97. The highest BCUT2D eigenvalue weighted by Gasteiger charge is 2.33. The van der Waals surface area contributed by atoms with Crippen LogP contribution in [0.2, 0.25) is 0 Å². The van der Waals surface area contributed by atoms with Crippen molar-refractivity contribution in [2.75, 3.05) is 11.4 Å². The highest BCUT2D eigenvalue weighted by molar-refractivity contribution is 5.97. The van der Waals surface area contributed by atoms with E-state index in [0.29, 0.717) is 12.2 Å². The number of para-hydroxylation sites is 1. The van der Waals surface area contributed by atoms with E-state index in [4.69, 9.17) is 0 Å². The molecule has 1 saturated carbocycles. The summed E-state index contributed by atoms with van der Waals surface area (Å²) in [7, 11) is 0. The number of carbonyl (C=O) groups is 1. The minimum atomic E-state index is -0.258. The minimum Gasteiger partial charge on any atom is -0.309 e. The molecule has 17 heavy (non-hydrogen) atoms. The van der Waals surface area contributed by atoms with Gasteiger partial charge in [0.05, 0.1) is 5.69 Å². The molecule has 1 amide bonds. The molecule has 1 aromatic rings. The van der Waals surface area contributed by atoms with Crippen LogP contribution in [0.15, 0.2) is 18.2 Å². The number of anilines is 1. The lowest BCUT2D eigenvalue weighted by Gasteiger charge is -2.21. The van der Waals surface area contributed by atoms with Crippen molar-refractivity contribution in [3.05, 3.63) is 29.6 Å². The lowest BCUT2D eigenvalue weighted by Crippen LogP contribution is -2.34. The highest BCUT2D eigenvalue weighted by Crippen LogP contribution is 2.35. The molecule has 1 fully saturated rings. The van der Waals surface area contributed by atoms with Gasteiger partial charge < -0.3 is 4.90 Å². The van der Waals surface area contributed by atoms with Crippen LogP contribution in [0.3, 0.4) is 0 Å². The molecule has 0 N–H and O–H groups in total. The highest BCUT2D eigenvalue weighted by atomic mass is 19.1. The Kier molecular flexibility index (Phi) is 2.61. The first-order valence-corrected chi connectivity index (χ1v) is 6.36. The van der Waals surface area contributed by atoms with E-state index in [9.17, 15) is 9.18 Å². The first-order valence-electron chi connectivity index (χ1n) is 6.36. The van der Waals surface area contributed by atoms with Crippen molar-refractivity contribution in [1.82, 2.24) is 0 Å². The first kappa shape index (κ1) is 10.8.